The summed E-state index contributed by atoms with van der Waals surface area (Å²) in [4.78, 5) is 30.6. The maximum Gasteiger partial charge on any atom is 0.490 e. The highest BCUT2D eigenvalue weighted by Crippen LogP contribution is 2.22. The van der Waals surface area contributed by atoms with Gasteiger partial charge in [0.05, 0.1) is 16.8 Å². The minimum atomic E-state index is -5.08. The van der Waals surface area contributed by atoms with Crippen molar-refractivity contribution in [2.24, 2.45) is 5.73 Å². The number of carbonyl (C=O) groups is 3. The quantitative estimate of drug-likeness (QED) is 0.0511. The van der Waals surface area contributed by atoms with Gasteiger partial charge >= 0.3 is 30.3 Å². The fourth-order valence-corrected chi connectivity index (χ4v) is 6.01. The number of rotatable bonds is 13. The zero-order valence-electron chi connectivity index (χ0n) is 30.4. The Morgan fingerprint density at radius 1 is 0.897 bits per heavy atom. The predicted molar refractivity (Wildman–Crippen MR) is 196 cm³/mol. The number of piperidine rings is 1. The van der Waals surface area contributed by atoms with Crippen LogP contribution in [0.15, 0.2) is 83.8 Å². The molecular formula is C36H39F6N5O10S. The number of ether oxygens (including phenoxy) is 2. The first-order valence-electron chi connectivity index (χ1n) is 16.6. The number of hydrogen-bond acceptors (Lipinski definition) is 9. The molecule has 0 unspecified atom stereocenters. The van der Waals surface area contributed by atoms with E-state index in [1.54, 1.807) is 31.2 Å². The fourth-order valence-electron chi connectivity index (χ4n) is 4.79. The zero-order chi connectivity index (χ0) is 43.8. The second kappa shape index (κ2) is 21.4. The average molecular weight is 848 g/mol. The van der Waals surface area contributed by atoms with Gasteiger partial charge in [-0.05, 0) is 66.9 Å². The Kier molecular flexibility index (Phi) is 17.7. The van der Waals surface area contributed by atoms with Crippen LogP contribution in [0, 0.1) is 10.8 Å². The van der Waals surface area contributed by atoms with Crippen molar-refractivity contribution in [1.29, 1.82) is 10.8 Å². The maximum atomic E-state index is 13.3. The molecule has 1 saturated heterocycles. The molecule has 1 fully saturated rings. The smallest absolute Gasteiger partial charge is 0.490 e. The zero-order valence-corrected chi connectivity index (χ0v) is 31.2. The number of carboxylic acids is 3. The van der Waals surface area contributed by atoms with Crippen LogP contribution in [0.2, 0.25) is 0 Å². The summed E-state index contributed by atoms with van der Waals surface area (Å²) in [5.74, 6) is -4.97. The first kappa shape index (κ1) is 48.0. The van der Waals surface area contributed by atoms with E-state index in [-0.39, 0.29) is 23.4 Å². The third-order valence-electron chi connectivity index (χ3n) is 7.64. The van der Waals surface area contributed by atoms with E-state index in [4.69, 9.17) is 50.9 Å². The monoisotopic (exact) mass is 847 g/mol. The predicted octanol–water partition coefficient (Wildman–Crippen LogP) is 5.14. The molecule has 0 saturated carbocycles. The molecule has 22 heteroatoms. The molecule has 3 aromatic carbocycles. The van der Waals surface area contributed by atoms with Gasteiger partial charge < -0.3 is 35.4 Å². The van der Waals surface area contributed by atoms with E-state index >= 15 is 0 Å². The van der Waals surface area contributed by atoms with Gasteiger partial charge in [-0.3, -0.25) is 10.8 Å². The molecular weight excluding hydrogens is 808 g/mol. The SMILES string of the molecule is CC(=N)N1CCC(Oc2ccc(C[C@@H](COc3cccc(C(=N)N)c3)NS(=O)(=O)c3ccc(/C=C/C(=O)O)cc3)cc2)CC1.O=C(O)C(F)(F)F.O=C(O)C(F)(F)F. The molecule has 0 amide bonds. The Morgan fingerprint density at radius 2 is 1.43 bits per heavy atom. The van der Waals surface area contributed by atoms with E-state index in [2.05, 4.69) is 4.72 Å². The number of sulfonamides is 1. The van der Waals surface area contributed by atoms with E-state index in [9.17, 15) is 39.6 Å². The number of nitrogens with zero attached hydrogens (tertiary/aromatic N) is 1. The summed E-state index contributed by atoms with van der Waals surface area (Å²) in [6.07, 6.45) is -5.75. The molecule has 1 heterocycles. The van der Waals surface area contributed by atoms with Gasteiger partial charge in [-0.2, -0.15) is 26.3 Å². The van der Waals surface area contributed by atoms with Crippen LogP contribution in [-0.4, -0.2) is 102 Å². The second-order valence-corrected chi connectivity index (χ2v) is 13.9. The van der Waals surface area contributed by atoms with Crippen LogP contribution in [0.5, 0.6) is 11.5 Å². The molecule has 1 aliphatic rings. The van der Waals surface area contributed by atoms with Crippen LogP contribution in [0.3, 0.4) is 0 Å². The molecule has 4 rings (SSSR count). The number of aliphatic carboxylic acids is 3. The summed E-state index contributed by atoms with van der Waals surface area (Å²) in [5.41, 5.74) is 7.52. The number of nitrogen functional groups attached to an aromatic ring is 1. The molecule has 0 spiro atoms. The summed E-state index contributed by atoms with van der Waals surface area (Å²) < 4.78 is 105. The highest BCUT2D eigenvalue weighted by atomic mass is 32.2. The van der Waals surface area contributed by atoms with Gasteiger partial charge in [0.25, 0.3) is 0 Å². The molecule has 8 N–H and O–H groups in total. The molecule has 3 aromatic rings. The lowest BCUT2D eigenvalue weighted by Crippen LogP contribution is -2.40. The summed E-state index contributed by atoms with van der Waals surface area (Å²) in [7, 11) is -3.96. The molecule has 0 bridgehead atoms. The Hall–Kier alpha value is -6.16. The maximum absolute atomic E-state index is 13.3. The van der Waals surface area contributed by atoms with Crippen molar-refractivity contribution in [3.8, 4) is 11.5 Å². The van der Waals surface area contributed by atoms with E-state index in [0.29, 0.717) is 29.1 Å². The number of nitrogens with one attached hydrogen (secondary N) is 3. The first-order chi connectivity index (χ1) is 26.9. The number of benzene rings is 3. The van der Waals surface area contributed by atoms with E-state index < -0.39 is 46.3 Å². The third-order valence-corrected chi connectivity index (χ3v) is 9.17. The lowest BCUT2D eigenvalue weighted by molar-refractivity contribution is -0.193. The van der Waals surface area contributed by atoms with E-state index in [0.717, 1.165) is 43.3 Å². The van der Waals surface area contributed by atoms with Crippen molar-refractivity contribution >= 4 is 45.7 Å². The standard InChI is InChI=1S/C32H37N5O6S.2C2HF3O2/c1-22(33)37-17-15-28(16-18-37)43-27-10-5-24(6-11-27)19-26(21-42-29-4-2-3-25(20-29)32(34)35)36-44(40,41)30-12-7-23(8-13-30)9-14-31(38)39;2*3-2(4,5)1(6)7/h2-14,20,26,28,33,36H,15-19,21H2,1H3,(H3,34,35)(H,38,39);2*(H,6,7)/b14-9+,33-22?;;/t26-;;/m0../s1. The van der Waals surface area contributed by atoms with Gasteiger partial charge in [0, 0.05) is 37.6 Å². The summed E-state index contributed by atoms with van der Waals surface area (Å²) in [6.45, 7) is 3.37. The minimum absolute atomic E-state index is 0.00325. The van der Waals surface area contributed by atoms with Crippen molar-refractivity contribution in [1.82, 2.24) is 9.62 Å². The number of amidine groups is 2. The molecule has 15 nitrogen and oxygen atoms in total. The Balaban J connectivity index is 0.000000707. The minimum Gasteiger partial charge on any atom is -0.492 e. The third kappa shape index (κ3) is 17.3. The normalized spacial score (nSPS) is 13.9. The largest absolute Gasteiger partial charge is 0.492 e. The van der Waals surface area contributed by atoms with Crippen LogP contribution >= 0.6 is 0 Å². The Labute approximate surface area is 327 Å². The lowest BCUT2D eigenvalue weighted by Gasteiger charge is -2.32. The van der Waals surface area contributed by atoms with Crippen LogP contribution in [0.25, 0.3) is 6.08 Å². The number of hydrogen-bond donors (Lipinski definition) is 7. The molecule has 1 atom stereocenters. The number of halogens is 6. The van der Waals surface area contributed by atoms with Gasteiger partial charge in [-0.25, -0.2) is 27.5 Å². The molecule has 1 aliphatic heterocycles. The van der Waals surface area contributed by atoms with Gasteiger partial charge in [-0.15, -0.1) is 0 Å². The van der Waals surface area contributed by atoms with Gasteiger partial charge in [0.15, 0.2) is 0 Å². The highest BCUT2D eigenvalue weighted by molar-refractivity contribution is 7.89. The molecule has 58 heavy (non-hydrogen) atoms. The van der Waals surface area contributed by atoms with Crippen LogP contribution in [0.1, 0.15) is 36.5 Å². The average Bonchev–Trinajstić information content (AvgIpc) is 3.14. The number of carboxylic acid groups (broad SMARTS) is 3. The van der Waals surface area contributed by atoms with Crippen LogP contribution in [0.4, 0.5) is 26.3 Å². The molecule has 0 aromatic heterocycles. The summed E-state index contributed by atoms with van der Waals surface area (Å²) in [6, 6.07) is 19.5. The van der Waals surface area contributed by atoms with Crippen molar-refractivity contribution in [2.45, 2.75) is 55.6 Å². The van der Waals surface area contributed by atoms with Gasteiger partial charge in [-0.1, -0.05) is 36.4 Å². The molecule has 316 valence electrons. The van der Waals surface area contributed by atoms with Gasteiger partial charge in [0.1, 0.15) is 30.0 Å². The second-order valence-electron chi connectivity index (χ2n) is 12.2. The Bertz CT molecular complexity index is 2000. The molecule has 0 aliphatic carbocycles. The highest BCUT2D eigenvalue weighted by Gasteiger charge is 2.39. The first-order valence-corrected chi connectivity index (χ1v) is 18.1. The van der Waals surface area contributed by atoms with Crippen LogP contribution in [-0.2, 0) is 30.8 Å². The van der Waals surface area contributed by atoms with Crippen molar-refractivity contribution in [3.05, 3.63) is 95.6 Å². The van der Waals surface area contributed by atoms with E-state index in [1.807, 2.05) is 29.2 Å². The van der Waals surface area contributed by atoms with Crippen LogP contribution < -0.4 is 19.9 Å². The fraction of sp³-hybridized carbons (Fsp3) is 0.306. The van der Waals surface area contributed by atoms with Crippen molar-refractivity contribution in [3.63, 3.8) is 0 Å². The van der Waals surface area contributed by atoms with Crippen molar-refractivity contribution < 1.29 is 73.9 Å². The topological polar surface area (TPSA) is 253 Å². The Morgan fingerprint density at radius 3 is 1.90 bits per heavy atom. The number of likely N-dealkylation sites (tertiary alicyclic amines) is 1. The van der Waals surface area contributed by atoms with E-state index in [1.165, 1.54) is 30.3 Å². The molecule has 0 radical (unpaired) electrons. The lowest BCUT2D eigenvalue weighted by atomic mass is 10.1. The number of alkyl halides is 6. The van der Waals surface area contributed by atoms with Crippen molar-refractivity contribution in [2.75, 3.05) is 19.7 Å². The summed E-state index contributed by atoms with van der Waals surface area (Å²) in [5, 5.41) is 38.6. The van der Waals surface area contributed by atoms with Gasteiger partial charge in [0.2, 0.25) is 10.0 Å². The number of nitrogens with two attached hydrogens (primary N) is 1. The summed E-state index contributed by atoms with van der Waals surface area (Å²) >= 11 is 0.